The third-order valence-electron chi connectivity index (χ3n) is 2.09. The highest BCUT2D eigenvalue weighted by Crippen LogP contribution is 2.02. The maximum atomic E-state index is 11.4. The first-order valence-electron chi connectivity index (χ1n) is 4.39. The highest BCUT2D eigenvalue weighted by Gasteiger charge is 2.20. The predicted molar refractivity (Wildman–Crippen MR) is 48.9 cm³/mol. The lowest BCUT2D eigenvalue weighted by atomic mass is 10.2. The number of piperazine rings is 1. The third kappa shape index (κ3) is 2.08. The van der Waals surface area contributed by atoms with Crippen molar-refractivity contribution < 1.29 is 4.79 Å². The van der Waals surface area contributed by atoms with Crippen LogP contribution < -0.4 is 5.32 Å². The first-order chi connectivity index (χ1) is 5.75. The topological polar surface area (TPSA) is 32.3 Å². The summed E-state index contributed by atoms with van der Waals surface area (Å²) in [5.41, 5.74) is 0. The largest absolute Gasteiger partial charge is 0.334 e. The van der Waals surface area contributed by atoms with Gasteiger partial charge in [-0.15, -0.1) is 0 Å². The highest BCUT2D eigenvalue weighted by atomic mass is 16.2. The Bertz CT molecular complexity index is 189. The van der Waals surface area contributed by atoms with Gasteiger partial charge in [-0.05, 0) is 19.9 Å². The van der Waals surface area contributed by atoms with E-state index in [1.54, 1.807) is 12.2 Å². The summed E-state index contributed by atoms with van der Waals surface area (Å²) >= 11 is 0. The van der Waals surface area contributed by atoms with Crippen LogP contribution in [0.4, 0.5) is 0 Å². The van der Waals surface area contributed by atoms with Gasteiger partial charge in [-0.1, -0.05) is 6.08 Å². The van der Waals surface area contributed by atoms with Gasteiger partial charge in [0.15, 0.2) is 0 Å². The molecular weight excluding hydrogens is 152 g/mol. The van der Waals surface area contributed by atoms with E-state index in [9.17, 15) is 4.79 Å². The van der Waals surface area contributed by atoms with Crippen molar-refractivity contribution >= 4 is 5.91 Å². The lowest BCUT2D eigenvalue weighted by molar-refractivity contribution is -0.128. The van der Waals surface area contributed by atoms with E-state index in [-0.39, 0.29) is 5.91 Å². The van der Waals surface area contributed by atoms with Gasteiger partial charge in [-0.3, -0.25) is 4.79 Å². The van der Waals surface area contributed by atoms with Crippen LogP contribution in [0.1, 0.15) is 13.8 Å². The zero-order chi connectivity index (χ0) is 8.97. The van der Waals surface area contributed by atoms with Crippen LogP contribution >= 0.6 is 0 Å². The van der Waals surface area contributed by atoms with Gasteiger partial charge in [0.25, 0.3) is 0 Å². The Morgan fingerprint density at radius 2 is 2.42 bits per heavy atom. The molecular formula is C9H16N2O. The Morgan fingerprint density at radius 1 is 1.67 bits per heavy atom. The van der Waals surface area contributed by atoms with Crippen LogP contribution in [-0.2, 0) is 4.79 Å². The molecule has 1 unspecified atom stereocenters. The molecule has 1 aliphatic rings. The van der Waals surface area contributed by atoms with Crippen molar-refractivity contribution in [2.75, 3.05) is 19.6 Å². The molecule has 1 saturated heterocycles. The molecule has 12 heavy (non-hydrogen) atoms. The molecule has 1 heterocycles. The van der Waals surface area contributed by atoms with Gasteiger partial charge >= 0.3 is 0 Å². The molecule has 0 radical (unpaired) electrons. The molecule has 1 fully saturated rings. The standard InChI is InChI=1S/C9H16N2O/c1-3-4-9(12)11-6-5-10-7-8(11)2/h3-4,8,10H,5-7H2,1-2H3/b4-3+. The molecule has 1 atom stereocenters. The number of nitrogens with zero attached hydrogens (tertiary/aromatic N) is 1. The molecule has 0 aliphatic carbocycles. The number of hydrogen-bond donors (Lipinski definition) is 1. The molecule has 0 aromatic carbocycles. The van der Waals surface area contributed by atoms with Crippen molar-refractivity contribution in [3.8, 4) is 0 Å². The van der Waals surface area contributed by atoms with E-state index in [0.29, 0.717) is 6.04 Å². The molecule has 3 heteroatoms. The highest BCUT2D eigenvalue weighted by molar-refractivity contribution is 5.87. The maximum absolute atomic E-state index is 11.4. The fourth-order valence-electron chi connectivity index (χ4n) is 1.41. The Kier molecular flexibility index (Phi) is 3.29. The summed E-state index contributed by atoms with van der Waals surface area (Å²) in [6.07, 6.45) is 3.42. The van der Waals surface area contributed by atoms with Gasteiger partial charge < -0.3 is 10.2 Å². The Morgan fingerprint density at radius 3 is 3.00 bits per heavy atom. The SMILES string of the molecule is C/C=C/C(=O)N1CCNCC1C. The van der Waals surface area contributed by atoms with E-state index < -0.39 is 0 Å². The summed E-state index contributed by atoms with van der Waals surface area (Å²) in [5.74, 6) is 0.131. The van der Waals surface area contributed by atoms with Crippen molar-refractivity contribution in [3.63, 3.8) is 0 Å². The second-order valence-corrected chi connectivity index (χ2v) is 3.08. The van der Waals surface area contributed by atoms with E-state index in [4.69, 9.17) is 0 Å². The van der Waals surface area contributed by atoms with Gasteiger partial charge in [0.05, 0.1) is 0 Å². The number of nitrogens with one attached hydrogen (secondary N) is 1. The molecule has 1 amide bonds. The van der Waals surface area contributed by atoms with Crippen LogP contribution in [-0.4, -0.2) is 36.5 Å². The molecule has 0 aromatic heterocycles. The van der Waals surface area contributed by atoms with Crippen LogP contribution in [0.3, 0.4) is 0 Å². The fourth-order valence-corrected chi connectivity index (χ4v) is 1.41. The van der Waals surface area contributed by atoms with E-state index in [1.807, 2.05) is 11.8 Å². The average molecular weight is 168 g/mol. The summed E-state index contributed by atoms with van der Waals surface area (Å²) in [6.45, 7) is 6.57. The number of hydrogen-bond acceptors (Lipinski definition) is 2. The first-order valence-corrected chi connectivity index (χ1v) is 4.39. The number of rotatable bonds is 1. The Labute approximate surface area is 73.4 Å². The summed E-state index contributed by atoms with van der Waals surface area (Å²) in [7, 11) is 0. The summed E-state index contributed by atoms with van der Waals surface area (Å²) in [6, 6.07) is 0.322. The molecule has 68 valence electrons. The quantitative estimate of drug-likeness (QED) is 0.574. The van der Waals surface area contributed by atoms with Crippen molar-refractivity contribution in [1.82, 2.24) is 10.2 Å². The Balaban J connectivity index is 2.53. The van der Waals surface area contributed by atoms with E-state index in [2.05, 4.69) is 12.2 Å². The average Bonchev–Trinajstić information content (AvgIpc) is 2.05. The van der Waals surface area contributed by atoms with Crippen LogP contribution in [0.5, 0.6) is 0 Å². The summed E-state index contributed by atoms with van der Waals surface area (Å²) in [4.78, 5) is 13.3. The first kappa shape index (κ1) is 9.26. The normalized spacial score (nSPS) is 24.8. The molecule has 3 nitrogen and oxygen atoms in total. The summed E-state index contributed by atoms with van der Waals surface area (Å²) < 4.78 is 0. The second-order valence-electron chi connectivity index (χ2n) is 3.08. The van der Waals surface area contributed by atoms with Crippen LogP contribution in [0.25, 0.3) is 0 Å². The third-order valence-corrected chi connectivity index (χ3v) is 2.09. The smallest absolute Gasteiger partial charge is 0.246 e. The molecule has 0 bridgehead atoms. The molecule has 0 saturated carbocycles. The van der Waals surface area contributed by atoms with Gasteiger partial charge in [0, 0.05) is 25.7 Å². The molecule has 0 aromatic rings. The van der Waals surface area contributed by atoms with Crippen molar-refractivity contribution in [3.05, 3.63) is 12.2 Å². The van der Waals surface area contributed by atoms with Gasteiger partial charge in [0.1, 0.15) is 0 Å². The van der Waals surface area contributed by atoms with Crippen LogP contribution in [0.2, 0.25) is 0 Å². The molecule has 1 rings (SSSR count). The zero-order valence-corrected chi connectivity index (χ0v) is 7.71. The Hall–Kier alpha value is -0.830. The monoisotopic (exact) mass is 168 g/mol. The maximum Gasteiger partial charge on any atom is 0.246 e. The lowest BCUT2D eigenvalue weighted by Crippen LogP contribution is -2.51. The molecule has 1 aliphatic heterocycles. The van der Waals surface area contributed by atoms with Crippen molar-refractivity contribution in [2.45, 2.75) is 19.9 Å². The minimum Gasteiger partial charge on any atom is -0.334 e. The number of allylic oxidation sites excluding steroid dienone is 1. The fraction of sp³-hybridized carbons (Fsp3) is 0.667. The number of carbonyl (C=O) groups is 1. The van der Waals surface area contributed by atoms with E-state index in [1.165, 1.54) is 0 Å². The molecule has 0 spiro atoms. The van der Waals surface area contributed by atoms with Crippen LogP contribution in [0.15, 0.2) is 12.2 Å². The van der Waals surface area contributed by atoms with Crippen molar-refractivity contribution in [1.29, 1.82) is 0 Å². The van der Waals surface area contributed by atoms with Crippen molar-refractivity contribution in [2.24, 2.45) is 0 Å². The van der Waals surface area contributed by atoms with Gasteiger partial charge in [-0.25, -0.2) is 0 Å². The lowest BCUT2D eigenvalue weighted by Gasteiger charge is -2.33. The second kappa shape index (κ2) is 4.26. The molecule has 1 N–H and O–H groups in total. The van der Waals surface area contributed by atoms with Gasteiger partial charge in [0.2, 0.25) is 5.91 Å². The minimum absolute atomic E-state index is 0.131. The van der Waals surface area contributed by atoms with Gasteiger partial charge in [-0.2, -0.15) is 0 Å². The number of amides is 1. The number of carbonyl (C=O) groups excluding carboxylic acids is 1. The predicted octanol–water partition coefficient (Wildman–Crippen LogP) is 0.383. The van der Waals surface area contributed by atoms with E-state index in [0.717, 1.165) is 19.6 Å². The van der Waals surface area contributed by atoms with Crippen LogP contribution in [0, 0.1) is 0 Å². The van der Waals surface area contributed by atoms with E-state index >= 15 is 0 Å². The minimum atomic E-state index is 0.131. The zero-order valence-electron chi connectivity index (χ0n) is 7.71. The summed E-state index contributed by atoms with van der Waals surface area (Å²) in [5, 5.41) is 3.24.